The first-order valence-corrected chi connectivity index (χ1v) is 10.7. The van der Waals surface area contributed by atoms with Crippen LogP contribution in [-0.2, 0) is 5.54 Å². The molecule has 0 saturated carbocycles. The SMILES string of the molecule is C#Cc1cccc(C(=O)Nc2cnc3[nH]cc(-c4ccc5ncn(C(C)(C)C)c5c4)c3c2)c1. The van der Waals surface area contributed by atoms with Crippen LogP contribution >= 0.6 is 0 Å². The minimum absolute atomic E-state index is 0.0800. The number of terminal acetylenes is 1. The maximum Gasteiger partial charge on any atom is 0.255 e. The zero-order valence-electron chi connectivity index (χ0n) is 18.7. The number of pyridine rings is 1. The Hall–Kier alpha value is -4.37. The molecule has 0 bridgehead atoms. The number of hydrogen-bond acceptors (Lipinski definition) is 3. The molecule has 0 spiro atoms. The van der Waals surface area contributed by atoms with Gasteiger partial charge in [-0.15, -0.1) is 6.42 Å². The summed E-state index contributed by atoms with van der Waals surface area (Å²) in [5.74, 6) is 2.32. The molecule has 0 aliphatic heterocycles. The van der Waals surface area contributed by atoms with Crippen molar-refractivity contribution in [3.63, 3.8) is 0 Å². The Balaban J connectivity index is 1.52. The molecule has 3 aromatic heterocycles. The minimum atomic E-state index is -0.235. The molecule has 2 N–H and O–H groups in total. The quantitative estimate of drug-likeness (QED) is 0.365. The normalized spacial score (nSPS) is 11.6. The number of nitrogens with zero attached hydrogens (tertiary/aromatic N) is 3. The van der Waals surface area contributed by atoms with E-state index in [9.17, 15) is 4.79 Å². The molecule has 0 radical (unpaired) electrons. The molecular weight excluding hydrogens is 410 g/mol. The van der Waals surface area contributed by atoms with Gasteiger partial charge in [0.1, 0.15) is 5.65 Å². The summed E-state index contributed by atoms with van der Waals surface area (Å²) >= 11 is 0. The predicted octanol–water partition coefficient (Wildman–Crippen LogP) is 5.57. The molecule has 2 aromatic carbocycles. The molecule has 0 fully saturated rings. The third-order valence-corrected chi connectivity index (χ3v) is 5.66. The number of carbonyl (C=O) groups is 1. The third-order valence-electron chi connectivity index (χ3n) is 5.66. The number of rotatable bonds is 3. The van der Waals surface area contributed by atoms with Crippen LogP contribution < -0.4 is 5.32 Å². The van der Waals surface area contributed by atoms with E-state index in [0.29, 0.717) is 16.8 Å². The molecule has 3 heterocycles. The summed E-state index contributed by atoms with van der Waals surface area (Å²) in [5.41, 5.74) is 6.52. The number of nitrogens with one attached hydrogen (secondary N) is 2. The number of aromatic nitrogens is 4. The van der Waals surface area contributed by atoms with Crippen LogP contribution in [0.4, 0.5) is 5.69 Å². The molecule has 5 rings (SSSR count). The van der Waals surface area contributed by atoms with Crippen LogP contribution in [0.1, 0.15) is 36.7 Å². The zero-order chi connectivity index (χ0) is 23.2. The van der Waals surface area contributed by atoms with E-state index in [1.54, 1.807) is 30.5 Å². The maximum atomic E-state index is 12.7. The summed E-state index contributed by atoms with van der Waals surface area (Å²) < 4.78 is 2.18. The van der Waals surface area contributed by atoms with E-state index in [4.69, 9.17) is 6.42 Å². The van der Waals surface area contributed by atoms with Crippen LogP contribution in [0.25, 0.3) is 33.2 Å². The Morgan fingerprint density at radius 2 is 1.97 bits per heavy atom. The van der Waals surface area contributed by atoms with Gasteiger partial charge in [-0.05, 0) is 62.7 Å². The average Bonchev–Trinajstić information content (AvgIpc) is 3.42. The van der Waals surface area contributed by atoms with Crippen molar-refractivity contribution in [3.8, 4) is 23.5 Å². The lowest BCUT2D eigenvalue weighted by atomic mass is 10.0. The molecule has 0 aliphatic rings. The van der Waals surface area contributed by atoms with Gasteiger partial charge in [-0.1, -0.05) is 18.1 Å². The van der Waals surface area contributed by atoms with Crippen molar-refractivity contribution in [2.75, 3.05) is 5.32 Å². The summed E-state index contributed by atoms with van der Waals surface area (Å²) in [5, 5.41) is 3.85. The Morgan fingerprint density at radius 3 is 2.76 bits per heavy atom. The third kappa shape index (κ3) is 3.74. The van der Waals surface area contributed by atoms with Crippen molar-refractivity contribution in [1.82, 2.24) is 19.5 Å². The van der Waals surface area contributed by atoms with Gasteiger partial charge in [0.15, 0.2) is 0 Å². The van der Waals surface area contributed by atoms with Gasteiger partial charge in [0, 0.05) is 33.8 Å². The zero-order valence-corrected chi connectivity index (χ0v) is 18.7. The number of anilines is 1. The van der Waals surface area contributed by atoms with Gasteiger partial charge in [-0.2, -0.15) is 0 Å². The Labute approximate surface area is 191 Å². The standard InChI is InChI=1S/C27H23N5O/c1-5-17-7-6-8-19(11-17)26(33)31-20-13-21-22(15-29-25(21)28-14-20)18-9-10-23-24(12-18)32(16-30-23)27(2,3)4/h1,6-16H,2-4H3,(H,28,29)(H,31,33). The van der Waals surface area contributed by atoms with Crippen LogP contribution in [-0.4, -0.2) is 25.4 Å². The van der Waals surface area contributed by atoms with Gasteiger partial charge < -0.3 is 14.9 Å². The number of imidazole rings is 1. The lowest BCUT2D eigenvalue weighted by molar-refractivity contribution is 0.102. The highest BCUT2D eigenvalue weighted by Gasteiger charge is 2.17. The highest BCUT2D eigenvalue weighted by Crippen LogP contribution is 2.32. The van der Waals surface area contributed by atoms with Crippen LogP contribution in [0.15, 0.2) is 67.3 Å². The second-order valence-electron chi connectivity index (χ2n) is 8.99. The van der Waals surface area contributed by atoms with Gasteiger partial charge in [0.25, 0.3) is 5.91 Å². The summed E-state index contributed by atoms with van der Waals surface area (Å²) in [6, 6.07) is 15.2. The van der Waals surface area contributed by atoms with E-state index >= 15 is 0 Å². The molecule has 1 amide bonds. The molecule has 162 valence electrons. The lowest BCUT2D eigenvalue weighted by Gasteiger charge is -2.21. The van der Waals surface area contributed by atoms with Crippen molar-refractivity contribution >= 4 is 33.7 Å². The van der Waals surface area contributed by atoms with E-state index < -0.39 is 0 Å². The van der Waals surface area contributed by atoms with Crippen molar-refractivity contribution in [1.29, 1.82) is 0 Å². The summed E-state index contributed by atoms with van der Waals surface area (Å²) in [7, 11) is 0. The first-order valence-electron chi connectivity index (χ1n) is 10.7. The number of aromatic amines is 1. The molecule has 0 aliphatic carbocycles. The average molecular weight is 434 g/mol. The van der Waals surface area contributed by atoms with E-state index in [1.165, 1.54) is 0 Å². The van der Waals surface area contributed by atoms with Crippen molar-refractivity contribution in [2.24, 2.45) is 0 Å². The molecule has 6 nitrogen and oxygen atoms in total. The van der Waals surface area contributed by atoms with Gasteiger partial charge >= 0.3 is 0 Å². The molecular formula is C27H23N5O. The van der Waals surface area contributed by atoms with E-state index in [2.05, 4.69) is 63.7 Å². The minimum Gasteiger partial charge on any atom is -0.346 e. The Morgan fingerprint density at radius 1 is 1.12 bits per heavy atom. The topological polar surface area (TPSA) is 75.6 Å². The smallest absolute Gasteiger partial charge is 0.255 e. The molecule has 5 aromatic rings. The fourth-order valence-electron chi connectivity index (χ4n) is 3.97. The summed E-state index contributed by atoms with van der Waals surface area (Å²) in [4.78, 5) is 25.0. The summed E-state index contributed by atoms with van der Waals surface area (Å²) in [6.45, 7) is 6.47. The molecule has 0 atom stereocenters. The van der Waals surface area contributed by atoms with Crippen LogP contribution in [0.5, 0.6) is 0 Å². The Bertz CT molecular complexity index is 1560. The van der Waals surface area contributed by atoms with E-state index in [0.717, 1.165) is 33.2 Å². The highest BCUT2D eigenvalue weighted by molar-refractivity contribution is 6.06. The fraction of sp³-hybridized carbons (Fsp3) is 0.148. The van der Waals surface area contributed by atoms with Gasteiger partial charge in [-0.3, -0.25) is 4.79 Å². The monoisotopic (exact) mass is 433 g/mol. The van der Waals surface area contributed by atoms with E-state index in [-0.39, 0.29) is 11.4 Å². The second-order valence-corrected chi connectivity index (χ2v) is 8.99. The molecule has 0 unspecified atom stereocenters. The van der Waals surface area contributed by atoms with Crippen molar-refractivity contribution in [2.45, 2.75) is 26.3 Å². The molecule has 6 heteroatoms. The van der Waals surface area contributed by atoms with E-state index in [1.807, 2.05) is 24.7 Å². The van der Waals surface area contributed by atoms with Crippen LogP contribution in [0.2, 0.25) is 0 Å². The number of benzene rings is 2. The van der Waals surface area contributed by atoms with Gasteiger partial charge in [-0.25, -0.2) is 9.97 Å². The first kappa shape index (κ1) is 20.5. The highest BCUT2D eigenvalue weighted by atomic mass is 16.1. The fourth-order valence-corrected chi connectivity index (χ4v) is 3.97. The van der Waals surface area contributed by atoms with Crippen molar-refractivity contribution in [3.05, 3.63) is 78.4 Å². The lowest BCUT2D eigenvalue weighted by Crippen LogP contribution is -2.20. The van der Waals surface area contributed by atoms with Crippen LogP contribution in [0.3, 0.4) is 0 Å². The predicted molar refractivity (Wildman–Crippen MR) is 132 cm³/mol. The number of carbonyl (C=O) groups excluding carboxylic acids is 1. The maximum absolute atomic E-state index is 12.7. The van der Waals surface area contributed by atoms with Gasteiger partial charge in [0.05, 0.1) is 29.2 Å². The number of fused-ring (bicyclic) bond motifs is 2. The van der Waals surface area contributed by atoms with Crippen LogP contribution in [0, 0.1) is 12.3 Å². The Kier molecular flexibility index (Phi) is 4.75. The number of amides is 1. The second kappa shape index (κ2) is 7.64. The van der Waals surface area contributed by atoms with Crippen molar-refractivity contribution < 1.29 is 4.79 Å². The largest absolute Gasteiger partial charge is 0.346 e. The molecule has 33 heavy (non-hydrogen) atoms. The number of hydrogen-bond donors (Lipinski definition) is 2. The molecule has 0 saturated heterocycles. The first-order chi connectivity index (χ1) is 15.8. The summed E-state index contributed by atoms with van der Waals surface area (Å²) in [6.07, 6.45) is 10.9. The number of H-pyrrole nitrogens is 1. The van der Waals surface area contributed by atoms with Gasteiger partial charge in [0.2, 0.25) is 0 Å².